The summed E-state index contributed by atoms with van der Waals surface area (Å²) < 4.78 is 5.34. The highest BCUT2D eigenvalue weighted by molar-refractivity contribution is 5.42. The molecule has 0 bridgehead atoms. The van der Waals surface area contributed by atoms with Gasteiger partial charge in [0.1, 0.15) is 5.75 Å². The van der Waals surface area contributed by atoms with Crippen LogP contribution in [-0.4, -0.2) is 30.6 Å². The molecule has 3 heteroatoms. The number of hydrogen-bond acceptors (Lipinski definition) is 3. The first kappa shape index (κ1) is 13.9. The van der Waals surface area contributed by atoms with Crippen molar-refractivity contribution in [3.05, 3.63) is 29.3 Å². The summed E-state index contributed by atoms with van der Waals surface area (Å²) in [6.07, 6.45) is 3.86. The van der Waals surface area contributed by atoms with Gasteiger partial charge in [-0.15, -0.1) is 0 Å². The second-order valence-electron chi connectivity index (χ2n) is 6.60. The van der Waals surface area contributed by atoms with Crippen LogP contribution < -0.4 is 10.5 Å². The molecule has 2 N–H and O–H groups in total. The normalized spacial score (nSPS) is 25.3. The lowest BCUT2D eigenvalue weighted by molar-refractivity contribution is 0.133. The van der Waals surface area contributed by atoms with E-state index in [1.807, 2.05) is 0 Å². The van der Waals surface area contributed by atoms with E-state index in [0.29, 0.717) is 12.1 Å². The average Bonchev–Trinajstić information content (AvgIpc) is 3.20. The molecule has 1 saturated carbocycles. The Labute approximate surface area is 122 Å². The van der Waals surface area contributed by atoms with Crippen LogP contribution in [0.15, 0.2) is 18.2 Å². The molecule has 110 valence electrons. The number of benzene rings is 1. The molecule has 0 radical (unpaired) electrons. The van der Waals surface area contributed by atoms with Gasteiger partial charge in [0.05, 0.1) is 7.11 Å². The molecule has 1 fully saturated rings. The monoisotopic (exact) mass is 274 g/mol. The molecule has 2 aliphatic rings. The number of ether oxygens (including phenoxy) is 1. The van der Waals surface area contributed by atoms with Crippen molar-refractivity contribution < 1.29 is 4.74 Å². The predicted molar refractivity (Wildman–Crippen MR) is 82.0 cm³/mol. The zero-order valence-electron chi connectivity index (χ0n) is 12.8. The van der Waals surface area contributed by atoms with Gasteiger partial charge >= 0.3 is 0 Å². The van der Waals surface area contributed by atoms with Crippen LogP contribution in [0.5, 0.6) is 5.75 Å². The van der Waals surface area contributed by atoms with Gasteiger partial charge in [-0.25, -0.2) is 0 Å². The first-order chi connectivity index (χ1) is 9.60. The van der Waals surface area contributed by atoms with Gasteiger partial charge in [-0.2, -0.15) is 0 Å². The molecule has 20 heavy (non-hydrogen) atoms. The Bertz CT molecular complexity index is 482. The first-order valence-corrected chi connectivity index (χ1v) is 7.78. The number of nitrogens with zero attached hydrogens (tertiary/aromatic N) is 1. The van der Waals surface area contributed by atoms with E-state index in [1.54, 1.807) is 7.11 Å². The Balaban J connectivity index is 1.81. The second-order valence-corrected chi connectivity index (χ2v) is 6.60. The van der Waals surface area contributed by atoms with Gasteiger partial charge in [0, 0.05) is 24.7 Å². The number of nitrogens with two attached hydrogens (primary N) is 1. The quantitative estimate of drug-likeness (QED) is 0.897. The van der Waals surface area contributed by atoms with Crippen molar-refractivity contribution >= 4 is 0 Å². The third-order valence-corrected chi connectivity index (χ3v) is 4.81. The minimum absolute atomic E-state index is 0.112. The van der Waals surface area contributed by atoms with Gasteiger partial charge < -0.3 is 10.5 Å². The van der Waals surface area contributed by atoms with E-state index in [0.717, 1.165) is 18.1 Å². The van der Waals surface area contributed by atoms with E-state index in [1.165, 1.54) is 30.5 Å². The Morgan fingerprint density at radius 3 is 2.70 bits per heavy atom. The van der Waals surface area contributed by atoms with Crippen LogP contribution in [0.2, 0.25) is 0 Å². The topological polar surface area (TPSA) is 38.5 Å². The molecule has 0 spiro atoms. The fourth-order valence-corrected chi connectivity index (χ4v) is 3.41. The molecule has 0 saturated heterocycles. The molecular weight excluding hydrogens is 248 g/mol. The van der Waals surface area contributed by atoms with E-state index < -0.39 is 0 Å². The zero-order chi connectivity index (χ0) is 14.3. The summed E-state index contributed by atoms with van der Waals surface area (Å²) in [7, 11) is 1.72. The van der Waals surface area contributed by atoms with E-state index >= 15 is 0 Å². The molecule has 2 aliphatic carbocycles. The van der Waals surface area contributed by atoms with Gasteiger partial charge in [0.15, 0.2) is 0 Å². The first-order valence-electron chi connectivity index (χ1n) is 7.78. The summed E-state index contributed by atoms with van der Waals surface area (Å²) in [6.45, 7) is 5.79. The van der Waals surface area contributed by atoms with Crippen LogP contribution in [0.25, 0.3) is 0 Å². The third kappa shape index (κ3) is 2.57. The van der Waals surface area contributed by atoms with Crippen molar-refractivity contribution in [3.8, 4) is 5.75 Å². The molecule has 0 aliphatic heterocycles. The maximum absolute atomic E-state index is 6.55. The zero-order valence-corrected chi connectivity index (χ0v) is 12.8. The fraction of sp³-hybridized carbons (Fsp3) is 0.647. The highest BCUT2D eigenvalue weighted by atomic mass is 16.5. The molecule has 2 atom stereocenters. The second kappa shape index (κ2) is 5.38. The summed E-state index contributed by atoms with van der Waals surface area (Å²) in [5.74, 6) is 1.82. The smallest absolute Gasteiger partial charge is 0.119 e. The van der Waals surface area contributed by atoms with Gasteiger partial charge in [-0.1, -0.05) is 6.07 Å². The van der Waals surface area contributed by atoms with Crippen molar-refractivity contribution in [2.24, 2.45) is 11.7 Å². The van der Waals surface area contributed by atoms with E-state index in [2.05, 4.69) is 36.9 Å². The Morgan fingerprint density at radius 2 is 2.10 bits per heavy atom. The van der Waals surface area contributed by atoms with Crippen LogP contribution >= 0.6 is 0 Å². The van der Waals surface area contributed by atoms with Crippen molar-refractivity contribution in [1.29, 1.82) is 0 Å². The van der Waals surface area contributed by atoms with Gasteiger partial charge in [-0.3, -0.25) is 4.90 Å². The summed E-state index contributed by atoms with van der Waals surface area (Å²) in [4.78, 5) is 2.62. The molecule has 3 rings (SSSR count). The van der Waals surface area contributed by atoms with E-state index in [-0.39, 0.29) is 6.04 Å². The van der Waals surface area contributed by atoms with Crippen LogP contribution in [-0.2, 0) is 6.42 Å². The lowest BCUT2D eigenvalue weighted by atomic mass is 10.1. The third-order valence-electron chi connectivity index (χ3n) is 4.81. The maximum Gasteiger partial charge on any atom is 0.119 e. The lowest BCUT2D eigenvalue weighted by Crippen LogP contribution is -2.46. The van der Waals surface area contributed by atoms with Crippen molar-refractivity contribution in [3.63, 3.8) is 0 Å². The van der Waals surface area contributed by atoms with Crippen molar-refractivity contribution in [2.45, 2.75) is 51.2 Å². The minimum atomic E-state index is 0.112. The van der Waals surface area contributed by atoms with Gasteiger partial charge in [0.2, 0.25) is 0 Å². The highest BCUT2D eigenvalue weighted by Crippen LogP contribution is 2.38. The number of hydrogen-bond donors (Lipinski definition) is 1. The molecule has 1 aromatic carbocycles. The van der Waals surface area contributed by atoms with Crippen LogP contribution in [0, 0.1) is 5.92 Å². The van der Waals surface area contributed by atoms with Gasteiger partial charge in [0.25, 0.3) is 0 Å². The van der Waals surface area contributed by atoms with Crippen molar-refractivity contribution in [2.75, 3.05) is 13.7 Å². The fourth-order valence-electron chi connectivity index (χ4n) is 3.41. The number of fused-ring (bicyclic) bond motifs is 1. The molecule has 1 aromatic rings. The molecular formula is C17H26N2O. The van der Waals surface area contributed by atoms with Crippen molar-refractivity contribution in [1.82, 2.24) is 4.90 Å². The van der Waals surface area contributed by atoms with Gasteiger partial charge in [-0.05, 0) is 62.3 Å². The Kier molecular flexibility index (Phi) is 3.74. The molecule has 0 amide bonds. The molecule has 3 nitrogen and oxygen atoms in total. The molecule has 0 heterocycles. The Hall–Kier alpha value is -1.06. The van der Waals surface area contributed by atoms with Crippen LogP contribution in [0.3, 0.4) is 0 Å². The SMILES string of the molecule is COc1ccc2c(c1)C(N)C(N(CC1CC1)C(C)C)C2. The lowest BCUT2D eigenvalue weighted by Gasteiger charge is -2.35. The predicted octanol–water partition coefficient (Wildman–Crippen LogP) is 2.74. The molecule has 0 aromatic heterocycles. The average molecular weight is 274 g/mol. The Morgan fingerprint density at radius 1 is 1.35 bits per heavy atom. The minimum Gasteiger partial charge on any atom is -0.497 e. The van der Waals surface area contributed by atoms with Crippen LogP contribution in [0.1, 0.15) is 43.9 Å². The van der Waals surface area contributed by atoms with E-state index in [9.17, 15) is 0 Å². The largest absolute Gasteiger partial charge is 0.497 e. The maximum atomic E-state index is 6.55. The molecule has 2 unspecified atom stereocenters. The standard InChI is InChI=1S/C17H26N2O/c1-11(2)19(10-12-4-5-12)16-8-13-6-7-14(20-3)9-15(13)17(16)18/h6-7,9,11-12,16-17H,4-5,8,10,18H2,1-3H3. The summed E-state index contributed by atoms with van der Waals surface area (Å²) in [5, 5.41) is 0. The summed E-state index contributed by atoms with van der Waals surface area (Å²) in [6, 6.07) is 7.47. The van der Waals surface area contributed by atoms with Crippen LogP contribution in [0.4, 0.5) is 0 Å². The number of rotatable bonds is 5. The van der Waals surface area contributed by atoms with E-state index in [4.69, 9.17) is 10.5 Å². The summed E-state index contributed by atoms with van der Waals surface area (Å²) in [5.41, 5.74) is 9.22. The highest BCUT2D eigenvalue weighted by Gasteiger charge is 2.37. The summed E-state index contributed by atoms with van der Waals surface area (Å²) >= 11 is 0. The number of methoxy groups -OCH3 is 1.